The molecule has 2 aromatic rings. The Kier molecular flexibility index (Phi) is 5.01. The number of hydrogen-bond donors (Lipinski definition) is 3. The molecule has 0 aliphatic rings. The van der Waals surface area contributed by atoms with Crippen LogP contribution in [0.2, 0.25) is 4.47 Å². The lowest BCUT2D eigenvalue weighted by atomic mass is 10.2. The molecule has 0 unspecified atom stereocenters. The fourth-order valence-corrected chi connectivity index (χ4v) is 3.29. The van der Waals surface area contributed by atoms with Crippen molar-refractivity contribution in [3.05, 3.63) is 33.7 Å². The summed E-state index contributed by atoms with van der Waals surface area (Å²) in [6.45, 7) is 1.61. The van der Waals surface area contributed by atoms with Crippen LogP contribution in [0.1, 0.15) is 11.8 Å². The monoisotopic (exact) mass is 361 g/mol. The second-order valence-corrected chi connectivity index (χ2v) is 7.39. The lowest BCUT2D eigenvalue weighted by Crippen LogP contribution is -2.09. The average molecular weight is 362 g/mol. The van der Waals surface area contributed by atoms with Crippen molar-refractivity contribution in [1.29, 1.82) is 0 Å². The Labute approximate surface area is 136 Å². The Morgan fingerprint density at radius 3 is 2.73 bits per heavy atom. The number of nitrogens with zero attached hydrogens (tertiary/aromatic N) is 1. The van der Waals surface area contributed by atoms with Gasteiger partial charge in [-0.2, -0.15) is 8.42 Å². The number of carbonyl (C=O) groups is 1. The molecule has 0 fully saturated rings. The number of benzene rings is 1. The molecule has 0 saturated carbocycles. The number of hydrogen-bond acceptors (Lipinski definition) is 6. The maximum absolute atomic E-state index is 11.4. The van der Waals surface area contributed by atoms with E-state index in [-0.39, 0.29) is 23.0 Å². The number of thiazole rings is 1. The molecule has 118 valence electrons. The van der Waals surface area contributed by atoms with Crippen LogP contribution in [-0.2, 0) is 21.5 Å². The van der Waals surface area contributed by atoms with Gasteiger partial charge in [0.05, 0.1) is 12.2 Å². The number of nitrogens with one attached hydrogen (secondary N) is 2. The molecular formula is C12H12ClN3O4S2. The summed E-state index contributed by atoms with van der Waals surface area (Å²) in [5, 5.41) is 5.42. The van der Waals surface area contributed by atoms with Crippen molar-refractivity contribution in [3.8, 4) is 0 Å². The topological polar surface area (TPSA) is 108 Å². The summed E-state index contributed by atoms with van der Waals surface area (Å²) in [7, 11) is -4.39. The molecule has 3 N–H and O–H groups in total. The summed E-state index contributed by atoms with van der Waals surface area (Å²) in [5.74, 6) is -0.292. The van der Waals surface area contributed by atoms with Gasteiger partial charge in [-0.15, -0.1) is 11.3 Å². The summed E-state index contributed by atoms with van der Waals surface area (Å²) in [6, 6.07) is 4.02. The van der Waals surface area contributed by atoms with Crippen LogP contribution in [0.4, 0.5) is 11.4 Å². The lowest BCUT2D eigenvalue weighted by Gasteiger charge is -2.11. The van der Waals surface area contributed by atoms with Crippen molar-refractivity contribution in [3.63, 3.8) is 0 Å². The second-order valence-electron chi connectivity index (χ2n) is 4.30. The van der Waals surface area contributed by atoms with Crippen molar-refractivity contribution in [2.45, 2.75) is 18.4 Å². The first kappa shape index (κ1) is 16.7. The maximum atomic E-state index is 11.4. The fraction of sp³-hybridized carbons (Fsp3) is 0.167. The Hall–Kier alpha value is -1.68. The van der Waals surface area contributed by atoms with Gasteiger partial charge in [0.2, 0.25) is 5.91 Å². The first-order chi connectivity index (χ1) is 10.3. The number of carbonyl (C=O) groups excluding carboxylic acids is 1. The van der Waals surface area contributed by atoms with Crippen LogP contribution in [0.15, 0.2) is 29.3 Å². The normalized spacial score (nSPS) is 11.2. The van der Waals surface area contributed by atoms with E-state index >= 15 is 0 Å². The Morgan fingerprint density at radius 2 is 2.18 bits per heavy atom. The molecule has 0 radical (unpaired) electrons. The number of amides is 1. The average Bonchev–Trinajstić information content (AvgIpc) is 2.80. The van der Waals surface area contributed by atoms with E-state index in [1.165, 1.54) is 36.5 Å². The van der Waals surface area contributed by atoms with Gasteiger partial charge in [-0.25, -0.2) is 4.98 Å². The molecule has 0 atom stereocenters. The second kappa shape index (κ2) is 6.61. The van der Waals surface area contributed by atoms with E-state index in [2.05, 4.69) is 15.6 Å². The highest BCUT2D eigenvalue weighted by Gasteiger charge is 2.16. The highest BCUT2D eigenvalue weighted by molar-refractivity contribution is 7.86. The minimum Gasteiger partial charge on any atom is -0.379 e. The first-order valence-electron chi connectivity index (χ1n) is 5.99. The molecule has 1 heterocycles. The number of rotatable bonds is 5. The van der Waals surface area contributed by atoms with Gasteiger partial charge in [0.1, 0.15) is 4.90 Å². The molecule has 0 spiro atoms. The molecule has 7 nitrogen and oxygen atoms in total. The Bertz CT molecular complexity index is 804. The minimum atomic E-state index is -4.39. The standard InChI is InChI=1S/C12H12ClN3O4S2/c1-7(17)16-8-2-3-11(22(18,19)20)10(4-8)14-5-9-6-15-12(13)21-9/h2-4,6,14H,5H2,1H3,(H,16,17)(H,18,19,20). The van der Waals surface area contributed by atoms with E-state index in [9.17, 15) is 17.8 Å². The molecule has 2 rings (SSSR count). The number of halogens is 1. The quantitative estimate of drug-likeness (QED) is 0.706. The molecule has 22 heavy (non-hydrogen) atoms. The zero-order chi connectivity index (χ0) is 16.3. The summed E-state index contributed by atoms with van der Waals surface area (Å²) in [6.07, 6.45) is 1.56. The van der Waals surface area contributed by atoms with Crippen LogP contribution in [0.3, 0.4) is 0 Å². The van der Waals surface area contributed by atoms with Crippen LogP contribution < -0.4 is 10.6 Å². The van der Waals surface area contributed by atoms with Gasteiger partial charge in [-0.3, -0.25) is 9.35 Å². The minimum absolute atomic E-state index is 0.165. The first-order valence-corrected chi connectivity index (χ1v) is 8.62. The third-order valence-corrected chi connectivity index (χ3v) is 4.58. The van der Waals surface area contributed by atoms with Crippen LogP contribution in [0, 0.1) is 0 Å². The maximum Gasteiger partial charge on any atom is 0.296 e. The van der Waals surface area contributed by atoms with Crippen molar-refractivity contribution in [2.24, 2.45) is 0 Å². The predicted octanol–water partition coefficient (Wildman–Crippen LogP) is 2.61. The molecule has 0 aliphatic carbocycles. The zero-order valence-electron chi connectivity index (χ0n) is 11.3. The number of aromatic nitrogens is 1. The summed E-state index contributed by atoms with van der Waals surface area (Å²) < 4.78 is 32.4. The van der Waals surface area contributed by atoms with E-state index < -0.39 is 10.1 Å². The van der Waals surface area contributed by atoms with Gasteiger partial charge in [-0.1, -0.05) is 11.6 Å². The Morgan fingerprint density at radius 1 is 1.45 bits per heavy atom. The fourth-order valence-electron chi connectivity index (χ4n) is 1.72. The molecule has 0 aliphatic heterocycles. The molecular weight excluding hydrogens is 350 g/mol. The van der Waals surface area contributed by atoms with Crippen molar-refractivity contribution < 1.29 is 17.8 Å². The molecule has 1 amide bonds. The molecule has 0 saturated heterocycles. The van der Waals surface area contributed by atoms with Crippen LogP contribution in [0.25, 0.3) is 0 Å². The summed E-state index contributed by atoms with van der Waals surface area (Å²) in [4.78, 5) is 15.5. The lowest BCUT2D eigenvalue weighted by molar-refractivity contribution is -0.114. The SMILES string of the molecule is CC(=O)Nc1ccc(S(=O)(=O)O)c(NCc2cnc(Cl)s2)c1. The van der Waals surface area contributed by atoms with Crippen LogP contribution >= 0.6 is 22.9 Å². The van der Waals surface area contributed by atoms with Crippen LogP contribution in [-0.4, -0.2) is 23.9 Å². The van der Waals surface area contributed by atoms with E-state index in [1.54, 1.807) is 6.20 Å². The molecule has 10 heteroatoms. The Balaban J connectivity index is 2.30. The molecule has 1 aromatic heterocycles. The smallest absolute Gasteiger partial charge is 0.296 e. The van der Waals surface area contributed by atoms with E-state index in [0.717, 1.165) is 4.88 Å². The molecule has 0 bridgehead atoms. The summed E-state index contributed by atoms with van der Waals surface area (Å²) in [5.41, 5.74) is 0.572. The van der Waals surface area contributed by atoms with Gasteiger partial charge in [0.25, 0.3) is 10.1 Å². The van der Waals surface area contributed by atoms with E-state index in [1.807, 2.05) is 0 Å². The predicted molar refractivity (Wildman–Crippen MR) is 85.0 cm³/mol. The zero-order valence-corrected chi connectivity index (χ0v) is 13.7. The third-order valence-electron chi connectivity index (χ3n) is 2.56. The van der Waals surface area contributed by atoms with Crippen molar-refractivity contribution in [2.75, 3.05) is 10.6 Å². The van der Waals surface area contributed by atoms with Gasteiger partial charge in [-0.05, 0) is 18.2 Å². The van der Waals surface area contributed by atoms with Gasteiger partial charge in [0, 0.05) is 23.7 Å². The van der Waals surface area contributed by atoms with E-state index in [4.69, 9.17) is 11.6 Å². The van der Waals surface area contributed by atoms with Gasteiger partial charge >= 0.3 is 0 Å². The highest BCUT2D eigenvalue weighted by Crippen LogP contribution is 2.27. The highest BCUT2D eigenvalue weighted by atomic mass is 35.5. The molecule has 1 aromatic carbocycles. The number of anilines is 2. The van der Waals surface area contributed by atoms with Crippen LogP contribution in [0.5, 0.6) is 0 Å². The largest absolute Gasteiger partial charge is 0.379 e. The summed E-state index contributed by atoms with van der Waals surface area (Å²) >= 11 is 6.97. The van der Waals surface area contributed by atoms with Crippen molar-refractivity contribution >= 4 is 50.3 Å². The van der Waals surface area contributed by atoms with Gasteiger partial charge < -0.3 is 10.6 Å². The van der Waals surface area contributed by atoms with Crippen molar-refractivity contribution in [1.82, 2.24) is 4.98 Å². The van der Waals surface area contributed by atoms with Gasteiger partial charge in [0.15, 0.2) is 4.47 Å². The third kappa shape index (κ3) is 4.41. The van der Waals surface area contributed by atoms with E-state index in [0.29, 0.717) is 10.2 Å².